The van der Waals surface area contributed by atoms with Crippen LogP contribution in [0.25, 0.3) is 0 Å². The zero-order valence-electron chi connectivity index (χ0n) is 11.5. The molecule has 20 heavy (non-hydrogen) atoms. The van der Waals surface area contributed by atoms with Crippen LogP contribution in [0.15, 0.2) is 48.8 Å². The molecule has 0 bridgehead atoms. The number of hydrogen-bond acceptors (Lipinski definition) is 3. The van der Waals surface area contributed by atoms with E-state index in [4.69, 9.17) is 4.74 Å². The largest absolute Gasteiger partial charge is 0.493 e. The molecule has 0 saturated carbocycles. The first-order valence-corrected chi connectivity index (χ1v) is 7.15. The molecule has 0 radical (unpaired) electrons. The molecule has 0 aliphatic carbocycles. The molecule has 3 heterocycles. The summed E-state index contributed by atoms with van der Waals surface area (Å²) in [4.78, 5) is 6.66. The molecule has 4 rings (SSSR count). The smallest absolute Gasteiger partial charge is 0.122 e. The van der Waals surface area contributed by atoms with E-state index < -0.39 is 0 Å². The van der Waals surface area contributed by atoms with Gasteiger partial charge in [-0.05, 0) is 29.7 Å². The number of benzene rings is 1. The van der Waals surface area contributed by atoms with E-state index in [1.54, 1.807) is 0 Å². The number of likely N-dealkylation sites (tertiary alicyclic amines) is 1. The first-order chi connectivity index (χ1) is 9.83. The lowest BCUT2D eigenvalue weighted by atomic mass is 9.74. The SMILES string of the molecule is c1cncc(CN2CC3(COc4ccccc4C3)C2)c1. The second kappa shape index (κ2) is 4.60. The van der Waals surface area contributed by atoms with Gasteiger partial charge in [0, 0.05) is 37.4 Å². The predicted octanol–water partition coefficient (Wildman–Crippen LogP) is 2.52. The monoisotopic (exact) mass is 266 g/mol. The molecule has 0 atom stereocenters. The number of aromatic nitrogens is 1. The van der Waals surface area contributed by atoms with Gasteiger partial charge in [-0.25, -0.2) is 0 Å². The molecule has 0 unspecified atom stereocenters. The molecule has 0 N–H and O–H groups in total. The molecule has 1 saturated heterocycles. The summed E-state index contributed by atoms with van der Waals surface area (Å²) in [5.41, 5.74) is 2.98. The zero-order chi connectivity index (χ0) is 13.4. The Hall–Kier alpha value is -1.87. The Morgan fingerprint density at radius 3 is 2.90 bits per heavy atom. The fourth-order valence-electron chi connectivity index (χ4n) is 3.44. The summed E-state index contributed by atoms with van der Waals surface area (Å²) in [5, 5.41) is 0. The second-order valence-electron chi connectivity index (χ2n) is 6.08. The standard InChI is InChI=1S/C17H18N2O/c1-2-6-16-15(5-1)8-17(13-20-16)11-19(12-17)10-14-4-3-7-18-9-14/h1-7,9H,8,10-13H2. The zero-order valence-corrected chi connectivity index (χ0v) is 11.5. The van der Waals surface area contributed by atoms with Gasteiger partial charge < -0.3 is 4.74 Å². The lowest BCUT2D eigenvalue weighted by Crippen LogP contribution is -2.60. The van der Waals surface area contributed by atoms with Gasteiger partial charge in [0.1, 0.15) is 5.75 Å². The molecule has 1 aromatic heterocycles. The quantitative estimate of drug-likeness (QED) is 0.835. The summed E-state index contributed by atoms with van der Waals surface area (Å²) in [7, 11) is 0. The fourth-order valence-corrected chi connectivity index (χ4v) is 3.44. The van der Waals surface area contributed by atoms with Gasteiger partial charge in [-0.2, -0.15) is 0 Å². The van der Waals surface area contributed by atoms with E-state index in [9.17, 15) is 0 Å². The number of fused-ring (bicyclic) bond motifs is 1. The van der Waals surface area contributed by atoms with Crippen LogP contribution in [0.2, 0.25) is 0 Å². The minimum absolute atomic E-state index is 0.330. The number of para-hydroxylation sites is 1. The average molecular weight is 266 g/mol. The summed E-state index contributed by atoms with van der Waals surface area (Å²) in [6.07, 6.45) is 4.93. The summed E-state index contributed by atoms with van der Waals surface area (Å²) in [5.74, 6) is 1.07. The summed E-state index contributed by atoms with van der Waals surface area (Å²) in [6.45, 7) is 4.09. The van der Waals surface area contributed by atoms with E-state index in [0.29, 0.717) is 5.41 Å². The Bertz CT molecular complexity index is 605. The van der Waals surface area contributed by atoms with Crippen molar-refractivity contribution in [1.29, 1.82) is 0 Å². The van der Waals surface area contributed by atoms with E-state index in [-0.39, 0.29) is 0 Å². The highest BCUT2D eigenvalue weighted by Crippen LogP contribution is 2.41. The second-order valence-corrected chi connectivity index (χ2v) is 6.08. The minimum Gasteiger partial charge on any atom is -0.493 e. The summed E-state index contributed by atoms with van der Waals surface area (Å²) >= 11 is 0. The van der Waals surface area contributed by atoms with Gasteiger partial charge in [0.25, 0.3) is 0 Å². The van der Waals surface area contributed by atoms with Crippen LogP contribution in [0.3, 0.4) is 0 Å². The Morgan fingerprint density at radius 1 is 1.15 bits per heavy atom. The van der Waals surface area contributed by atoms with Crippen molar-refractivity contribution in [3.05, 3.63) is 59.9 Å². The van der Waals surface area contributed by atoms with Crippen LogP contribution in [0.1, 0.15) is 11.1 Å². The van der Waals surface area contributed by atoms with Crippen LogP contribution in [0.5, 0.6) is 5.75 Å². The molecule has 2 aromatic rings. The van der Waals surface area contributed by atoms with Gasteiger partial charge in [-0.15, -0.1) is 0 Å². The normalized spacial score (nSPS) is 20.0. The van der Waals surface area contributed by atoms with Crippen LogP contribution >= 0.6 is 0 Å². The topological polar surface area (TPSA) is 25.4 Å². The molecule has 1 spiro atoms. The molecule has 1 fully saturated rings. The van der Waals surface area contributed by atoms with Crippen molar-refractivity contribution >= 4 is 0 Å². The third-order valence-corrected chi connectivity index (χ3v) is 4.32. The maximum absolute atomic E-state index is 5.94. The molecular weight excluding hydrogens is 248 g/mol. The lowest BCUT2D eigenvalue weighted by molar-refractivity contribution is -0.0478. The Balaban J connectivity index is 1.42. The average Bonchev–Trinajstić information content (AvgIpc) is 2.47. The van der Waals surface area contributed by atoms with Crippen LogP contribution in [-0.4, -0.2) is 29.6 Å². The van der Waals surface area contributed by atoms with Crippen LogP contribution in [0, 0.1) is 5.41 Å². The molecule has 3 nitrogen and oxygen atoms in total. The maximum atomic E-state index is 5.94. The van der Waals surface area contributed by atoms with E-state index in [2.05, 4.69) is 34.1 Å². The first kappa shape index (κ1) is 11.9. The van der Waals surface area contributed by atoms with Crippen LogP contribution in [0.4, 0.5) is 0 Å². The Labute approximate surface area is 119 Å². The van der Waals surface area contributed by atoms with E-state index in [1.165, 1.54) is 11.1 Å². The summed E-state index contributed by atoms with van der Waals surface area (Å²) in [6, 6.07) is 12.6. The van der Waals surface area contributed by atoms with Gasteiger partial charge in [-0.3, -0.25) is 9.88 Å². The fraction of sp³-hybridized carbons (Fsp3) is 0.353. The number of hydrogen-bond donors (Lipinski definition) is 0. The van der Waals surface area contributed by atoms with Crippen molar-refractivity contribution < 1.29 is 4.74 Å². The van der Waals surface area contributed by atoms with Gasteiger partial charge in [-0.1, -0.05) is 24.3 Å². The Kier molecular flexibility index (Phi) is 2.74. The molecular formula is C17H18N2O. The van der Waals surface area contributed by atoms with Gasteiger partial charge in [0.05, 0.1) is 6.61 Å². The predicted molar refractivity (Wildman–Crippen MR) is 77.6 cm³/mol. The van der Waals surface area contributed by atoms with E-state index in [0.717, 1.165) is 38.4 Å². The highest BCUT2D eigenvalue weighted by atomic mass is 16.5. The van der Waals surface area contributed by atoms with Crippen molar-refractivity contribution in [2.45, 2.75) is 13.0 Å². The molecule has 2 aliphatic rings. The van der Waals surface area contributed by atoms with E-state index >= 15 is 0 Å². The molecule has 1 aromatic carbocycles. The molecule has 3 heteroatoms. The number of nitrogens with zero attached hydrogens (tertiary/aromatic N) is 2. The third kappa shape index (κ3) is 2.08. The van der Waals surface area contributed by atoms with Crippen molar-refractivity contribution in [1.82, 2.24) is 9.88 Å². The summed E-state index contributed by atoms with van der Waals surface area (Å²) < 4.78 is 5.94. The number of ether oxygens (including phenoxy) is 1. The molecule has 2 aliphatic heterocycles. The maximum Gasteiger partial charge on any atom is 0.122 e. The van der Waals surface area contributed by atoms with Crippen LogP contribution in [-0.2, 0) is 13.0 Å². The minimum atomic E-state index is 0.330. The van der Waals surface area contributed by atoms with Crippen LogP contribution < -0.4 is 4.74 Å². The van der Waals surface area contributed by atoms with Crippen molar-refractivity contribution in [2.24, 2.45) is 5.41 Å². The van der Waals surface area contributed by atoms with Crippen molar-refractivity contribution in [3.8, 4) is 5.75 Å². The van der Waals surface area contributed by atoms with E-state index in [1.807, 2.05) is 24.5 Å². The highest BCUT2D eigenvalue weighted by Gasteiger charge is 2.45. The van der Waals surface area contributed by atoms with Crippen molar-refractivity contribution in [2.75, 3.05) is 19.7 Å². The third-order valence-electron chi connectivity index (χ3n) is 4.32. The number of rotatable bonds is 2. The molecule has 102 valence electrons. The molecule has 0 amide bonds. The number of pyridine rings is 1. The van der Waals surface area contributed by atoms with Gasteiger partial charge in [0.15, 0.2) is 0 Å². The first-order valence-electron chi connectivity index (χ1n) is 7.15. The van der Waals surface area contributed by atoms with Gasteiger partial charge >= 0.3 is 0 Å². The highest BCUT2D eigenvalue weighted by molar-refractivity contribution is 5.37. The lowest BCUT2D eigenvalue weighted by Gasteiger charge is -2.52. The van der Waals surface area contributed by atoms with Crippen molar-refractivity contribution in [3.63, 3.8) is 0 Å². The van der Waals surface area contributed by atoms with Gasteiger partial charge in [0.2, 0.25) is 0 Å². The Morgan fingerprint density at radius 2 is 2.05 bits per heavy atom.